The van der Waals surface area contributed by atoms with E-state index in [0.29, 0.717) is 25.9 Å². The molecule has 9 heteroatoms. The van der Waals surface area contributed by atoms with E-state index in [1.54, 1.807) is 37.8 Å². The average Bonchev–Trinajstić information content (AvgIpc) is 3.19. The van der Waals surface area contributed by atoms with Crippen molar-refractivity contribution in [2.75, 3.05) is 18.0 Å². The van der Waals surface area contributed by atoms with Crippen LogP contribution in [0.3, 0.4) is 0 Å². The molecule has 0 aliphatic carbocycles. The normalized spacial score (nSPS) is 18.2. The Hall–Kier alpha value is -3.85. The fraction of sp³-hybridized carbons (Fsp3) is 0.367. The second-order valence-corrected chi connectivity index (χ2v) is 11.2. The Bertz CT molecular complexity index is 1420. The summed E-state index contributed by atoms with van der Waals surface area (Å²) < 4.78 is 37.5. The van der Waals surface area contributed by atoms with E-state index in [9.17, 15) is 14.9 Å². The number of hydrogen-bond acceptors (Lipinski definition) is 6. The number of carbonyl (C=O) groups is 1. The molecule has 0 aromatic heterocycles. The minimum absolute atomic E-state index is 0.0352. The number of ketones is 1. The van der Waals surface area contributed by atoms with E-state index in [4.69, 9.17) is 4.74 Å². The number of nitrogens with one attached hydrogen (secondary N) is 1. The first-order valence-corrected chi connectivity index (χ1v) is 13.0. The maximum atomic E-state index is 16.0. The molecule has 2 heterocycles. The topological polar surface area (TPSA) is 84.7 Å². The number of benzene rings is 3. The zero-order valence-corrected chi connectivity index (χ0v) is 22.2. The third kappa shape index (κ3) is 4.54. The molecule has 3 aromatic carbocycles. The Balaban J connectivity index is 1.82. The van der Waals surface area contributed by atoms with Gasteiger partial charge in [0.1, 0.15) is 24.1 Å². The Kier molecular flexibility index (Phi) is 6.88. The van der Waals surface area contributed by atoms with Gasteiger partial charge in [-0.2, -0.15) is 0 Å². The van der Waals surface area contributed by atoms with Crippen molar-refractivity contribution in [3.63, 3.8) is 0 Å². The molecular weight excluding hydrogens is 504 g/mol. The van der Waals surface area contributed by atoms with Crippen LogP contribution >= 0.6 is 0 Å². The van der Waals surface area contributed by atoms with Gasteiger partial charge in [-0.15, -0.1) is 0 Å². The number of rotatable bonds is 6. The molecule has 1 unspecified atom stereocenters. The van der Waals surface area contributed by atoms with Gasteiger partial charge in [-0.05, 0) is 37.6 Å². The lowest BCUT2D eigenvalue weighted by Gasteiger charge is -2.43. The summed E-state index contributed by atoms with van der Waals surface area (Å²) in [5, 5.41) is 15.4. The summed E-state index contributed by atoms with van der Waals surface area (Å²) in [7, 11) is 0. The summed E-state index contributed by atoms with van der Waals surface area (Å²) >= 11 is 0. The molecular formula is C30H31F2N3O4. The van der Waals surface area contributed by atoms with Crippen molar-refractivity contribution in [3.05, 3.63) is 93.5 Å². The van der Waals surface area contributed by atoms with E-state index in [1.807, 2.05) is 30.3 Å². The first-order valence-electron chi connectivity index (χ1n) is 13.0. The fourth-order valence-corrected chi connectivity index (χ4v) is 5.90. The van der Waals surface area contributed by atoms with Gasteiger partial charge in [0, 0.05) is 28.5 Å². The highest BCUT2D eigenvalue weighted by Gasteiger charge is 2.60. The Morgan fingerprint density at radius 2 is 1.74 bits per heavy atom. The maximum Gasteiger partial charge on any atom is 0.292 e. The zero-order chi connectivity index (χ0) is 27.9. The van der Waals surface area contributed by atoms with Crippen LogP contribution in [0.2, 0.25) is 0 Å². The number of ether oxygens (including phenoxy) is 1. The molecule has 1 spiro atoms. The van der Waals surface area contributed by atoms with Crippen LogP contribution in [0.4, 0.5) is 25.8 Å². The van der Waals surface area contributed by atoms with Gasteiger partial charge in [0.15, 0.2) is 17.4 Å². The number of fused-ring (bicyclic) bond motifs is 2. The van der Waals surface area contributed by atoms with Crippen LogP contribution in [-0.4, -0.2) is 29.8 Å². The van der Waals surface area contributed by atoms with Gasteiger partial charge in [0.05, 0.1) is 10.6 Å². The molecule has 1 N–H and O–H groups in total. The third-order valence-electron chi connectivity index (χ3n) is 7.74. The van der Waals surface area contributed by atoms with E-state index in [2.05, 4.69) is 5.32 Å². The number of hydrogen-bond donors (Lipinski definition) is 1. The number of Topliss-reactive ketones (excluding diaryl/α,β-unsaturated/α-hetero) is 1. The largest absolute Gasteiger partial charge is 0.487 e. The number of nitro groups is 1. The van der Waals surface area contributed by atoms with Crippen LogP contribution in [0.5, 0.6) is 5.75 Å². The van der Waals surface area contributed by atoms with Gasteiger partial charge in [-0.3, -0.25) is 14.9 Å². The number of carbonyl (C=O) groups excluding carboxylic acids is 1. The standard InChI is InChI=1S/C30H31F2N3O4/c1-29(2,3)28(36)27-30(13-15-33-16-14-30)24-25(32)20(31)17-23(39-18-19-9-5-4-6-10-19)26(24)34(27)21-11-7-8-12-22(21)35(37)38/h4-12,17,27,33H,13-16,18H2,1-3H3. The summed E-state index contributed by atoms with van der Waals surface area (Å²) in [5.41, 5.74) is -1.06. The van der Waals surface area contributed by atoms with Crippen molar-refractivity contribution >= 4 is 22.8 Å². The van der Waals surface area contributed by atoms with E-state index in [-0.39, 0.29) is 40.8 Å². The molecule has 1 atom stereocenters. The lowest BCUT2D eigenvalue weighted by Crippen LogP contribution is -2.56. The van der Waals surface area contributed by atoms with Crippen LogP contribution in [-0.2, 0) is 16.8 Å². The summed E-state index contributed by atoms with van der Waals surface area (Å²) in [5.74, 6) is -2.31. The van der Waals surface area contributed by atoms with Crippen molar-refractivity contribution in [2.24, 2.45) is 5.41 Å². The summed E-state index contributed by atoms with van der Waals surface area (Å²) in [4.78, 5) is 27.5. The van der Waals surface area contributed by atoms with E-state index in [1.165, 1.54) is 12.1 Å². The second kappa shape index (κ2) is 10.0. The van der Waals surface area contributed by atoms with Gasteiger partial charge in [0.2, 0.25) is 0 Å². The van der Waals surface area contributed by atoms with Crippen LogP contribution in [0.15, 0.2) is 60.7 Å². The van der Waals surface area contributed by atoms with E-state index < -0.39 is 33.4 Å². The predicted octanol–water partition coefficient (Wildman–Crippen LogP) is 6.21. The van der Waals surface area contributed by atoms with Crippen LogP contribution in [0.25, 0.3) is 0 Å². The molecule has 3 aromatic rings. The number of nitrogens with zero attached hydrogens (tertiary/aromatic N) is 2. The highest BCUT2D eigenvalue weighted by molar-refractivity contribution is 6.00. The molecule has 0 radical (unpaired) electrons. The molecule has 1 saturated heterocycles. The van der Waals surface area contributed by atoms with Gasteiger partial charge in [-0.25, -0.2) is 8.78 Å². The van der Waals surface area contributed by atoms with Gasteiger partial charge in [-0.1, -0.05) is 63.2 Å². The average molecular weight is 536 g/mol. The lowest BCUT2D eigenvalue weighted by molar-refractivity contribution is -0.384. The van der Waals surface area contributed by atoms with Gasteiger partial charge < -0.3 is 15.0 Å². The van der Waals surface area contributed by atoms with Crippen molar-refractivity contribution in [1.29, 1.82) is 0 Å². The quantitative estimate of drug-likeness (QED) is 0.299. The molecule has 39 heavy (non-hydrogen) atoms. The predicted molar refractivity (Wildman–Crippen MR) is 144 cm³/mol. The molecule has 0 amide bonds. The first-order chi connectivity index (χ1) is 18.6. The number of anilines is 2. The third-order valence-corrected chi connectivity index (χ3v) is 7.74. The van der Waals surface area contributed by atoms with Crippen LogP contribution < -0.4 is 15.0 Å². The van der Waals surface area contributed by atoms with Crippen molar-refractivity contribution in [1.82, 2.24) is 5.32 Å². The summed E-state index contributed by atoms with van der Waals surface area (Å²) in [6.45, 7) is 6.34. The Labute approximate surface area is 225 Å². The molecule has 1 fully saturated rings. The van der Waals surface area contributed by atoms with Gasteiger partial charge in [0.25, 0.3) is 5.69 Å². The molecule has 0 saturated carbocycles. The first kappa shape index (κ1) is 26.7. The molecule has 2 aliphatic heterocycles. The highest BCUT2D eigenvalue weighted by atomic mass is 19.2. The summed E-state index contributed by atoms with van der Waals surface area (Å²) in [6.07, 6.45) is 0.699. The molecule has 2 aliphatic rings. The van der Waals surface area contributed by atoms with Crippen molar-refractivity contribution in [2.45, 2.75) is 51.7 Å². The number of nitro benzene ring substituents is 1. The van der Waals surface area contributed by atoms with Gasteiger partial charge >= 0.3 is 0 Å². The minimum Gasteiger partial charge on any atom is -0.487 e. The molecule has 5 rings (SSSR count). The van der Waals surface area contributed by atoms with E-state index >= 15 is 8.78 Å². The smallest absolute Gasteiger partial charge is 0.292 e. The lowest BCUT2D eigenvalue weighted by atomic mass is 9.65. The monoisotopic (exact) mass is 535 g/mol. The van der Waals surface area contributed by atoms with Crippen molar-refractivity contribution in [3.8, 4) is 5.75 Å². The molecule has 204 valence electrons. The zero-order valence-electron chi connectivity index (χ0n) is 22.2. The molecule has 7 nitrogen and oxygen atoms in total. The summed E-state index contributed by atoms with van der Waals surface area (Å²) in [6, 6.07) is 15.3. The highest BCUT2D eigenvalue weighted by Crippen LogP contribution is 2.59. The molecule has 0 bridgehead atoms. The van der Waals surface area contributed by atoms with Crippen LogP contribution in [0.1, 0.15) is 44.7 Å². The SMILES string of the molecule is CC(C)(C)C(=O)C1N(c2ccccc2[N+](=O)[O-])c2c(OCc3ccccc3)cc(F)c(F)c2C12CCNCC2. The number of piperidine rings is 1. The second-order valence-electron chi connectivity index (χ2n) is 11.2. The Morgan fingerprint density at radius 1 is 1.10 bits per heavy atom. The number of para-hydroxylation sites is 2. The van der Waals surface area contributed by atoms with Crippen molar-refractivity contribution < 1.29 is 23.2 Å². The number of halogens is 2. The van der Waals surface area contributed by atoms with E-state index in [0.717, 1.165) is 11.6 Å². The Morgan fingerprint density at radius 3 is 2.38 bits per heavy atom. The minimum atomic E-state index is -1.12. The van der Waals surface area contributed by atoms with Crippen LogP contribution in [0, 0.1) is 27.2 Å². The maximum absolute atomic E-state index is 16.0. The fourth-order valence-electron chi connectivity index (χ4n) is 5.90.